The quantitative estimate of drug-likeness (QED) is 0.862. The number of halogens is 1. The smallest absolute Gasteiger partial charge is 0.255 e. The van der Waals surface area contributed by atoms with Crippen LogP contribution in [0.4, 0.5) is 0 Å². The van der Waals surface area contributed by atoms with Crippen molar-refractivity contribution in [2.75, 3.05) is 20.1 Å². The van der Waals surface area contributed by atoms with Crippen LogP contribution in [-0.2, 0) is 0 Å². The first-order valence-corrected chi connectivity index (χ1v) is 5.77. The molecule has 1 aromatic carbocycles. The molecule has 3 N–H and O–H groups in total. The number of hydrogen-bond acceptors (Lipinski definition) is 3. The molecule has 17 heavy (non-hydrogen) atoms. The molecule has 0 aliphatic rings. The summed E-state index contributed by atoms with van der Waals surface area (Å²) in [5, 5.41) is 9.68. The highest BCUT2D eigenvalue weighted by Gasteiger charge is 2.17. The number of benzene rings is 1. The van der Waals surface area contributed by atoms with Gasteiger partial charge in [-0.2, -0.15) is 0 Å². The van der Waals surface area contributed by atoms with E-state index in [4.69, 9.17) is 17.3 Å². The van der Waals surface area contributed by atoms with Crippen LogP contribution < -0.4 is 5.73 Å². The highest BCUT2D eigenvalue weighted by molar-refractivity contribution is 6.33. The van der Waals surface area contributed by atoms with Gasteiger partial charge in [0.1, 0.15) is 5.75 Å². The highest BCUT2D eigenvalue weighted by Crippen LogP contribution is 2.22. The van der Waals surface area contributed by atoms with Crippen LogP contribution in [0.25, 0.3) is 0 Å². The van der Waals surface area contributed by atoms with Gasteiger partial charge in [-0.3, -0.25) is 4.79 Å². The van der Waals surface area contributed by atoms with Crippen molar-refractivity contribution in [3.63, 3.8) is 0 Å². The lowest BCUT2D eigenvalue weighted by Gasteiger charge is -2.21. The van der Waals surface area contributed by atoms with Crippen molar-refractivity contribution in [1.82, 2.24) is 4.90 Å². The van der Waals surface area contributed by atoms with Gasteiger partial charge in [-0.25, -0.2) is 0 Å². The summed E-state index contributed by atoms with van der Waals surface area (Å²) in [4.78, 5) is 13.6. The number of rotatable bonds is 4. The first-order valence-electron chi connectivity index (χ1n) is 5.39. The fraction of sp³-hybridized carbons (Fsp3) is 0.417. The molecular weight excluding hydrogens is 240 g/mol. The van der Waals surface area contributed by atoms with Crippen LogP contribution in [-0.4, -0.2) is 36.1 Å². The summed E-state index contributed by atoms with van der Waals surface area (Å²) in [6.07, 6.45) is 0. The van der Waals surface area contributed by atoms with Crippen molar-refractivity contribution < 1.29 is 9.90 Å². The van der Waals surface area contributed by atoms with Gasteiger partial charge in [-0.15, -0.1) is 0 Å². The molecule has 5 heteroatoms. The zero-order chi connectivity index (χ0) is 13.0. The Labute approximate surface area is 106 Å². The Morgan fingerprint density at radius 1 is 1.59 bits per heavy atom. The first-order chi connectivity index (χ1) is 7.95. The van der Waals surface area contributed by atoms with Crippen LogP contribution in [0.15, 0.2) is 18.2 Å². The van der Waals surface area contributed by atoms with E-state index in [9.17, 15) is 9.90 Å². The summed E-state index contributed by atoms with van der Waals surface area (Å²) in [6.45, 7) is 3.04. The molecule has 0 spiro atoms. The Bertz CT molecular complexity index is 409. The molecule has 0 radical (unpaired) electrons. The van der Waals surface area contributed by atoms with Crippen molar-refractivity contribution in [2.24, 2.45) is 11.7 Å². The SMILES string of the molecule is CC(CN)CN(C)C(=O)c1cc(O)ccc1Cl. The third kappa shape index (κ3) is 3.61. The fourth-order valence-corrected chi connectivity index (χ4v) is 1.71. The van der Waals surface area contributed by atoms with Crippen LogP contribution >= 0.6 is 11.6 Å². The van der Waals surface area contributed by atoms with Gasteiger partial charge in [-0.05, 0) is 30.7 Å². The lowest BCUT2D eigenvalue weighted by molar-refractivity contribution is 0.0777. The molecule has 0 bridgehead atoms. The second-order valence-corrected chi connectivity index (χ2v) is 4.60. The second kappa shape index (κ2) is 5.89. The molecule has 1 aromatic rings. The number of nitrogens with two attached hydrogens (primary N) is 1. The average molecular weight is 257 g/mol. The van der Waals surface area contributed by atoms with Gasteiger partial charge in [0.25, 0.3) is 5.91 Å². The van der Waals surface area contributed by atoms with Gasteiger partial charge in [0.15, 0.2) is 0 Å². The molecule has 94 valence electrons. The van der Waals surface area contributed by atoms with E-state index < -0.39 is 0 Å². The van der Waals surface area contributed by atoms with E-state index in [0.29, 0.717) is 23.7 Å². The Hall–Kier alpha value is -1.26. The number of phenolic OH excluding ortho intramolecular Hbond substituents is 1. The normalized spacial score (nSPS) is 12.2. The Morgan fingerprint density at radius 3 is 2.82 bits per heavy atom. The minimum absolute atomic E-state index is 0.0259. The van der Waals surface area contributed by atoms with E-state index in [-0.39, 0.29) is 17.6 Å². The average Bonchev–Trinajstić information content (AvgIpc) is 2.31. The van der Waals surface area contributed by atoms with Crippen molar-refractivity contribution in [1.29, 1.82) is 0 Å². The summed E-state index contributed by atoms with van der Waals surface area (Å²) < 4.78 is 0. The molecule has 0 heterocycles. The van der Waals surface area contributed by atoms with Crippen molar-refractivity contribution >= 4 is 17.5 Å². The maximum absolute atomic E-state index is 12.1. The van der Waals surface area contributed by atoms with Crippen LogP contribution in [0, 0.1) is 5.92 Å². The largest absolute Gasteiger partial charge is 0.508 e. The van der Waals surface area contributed by atoms with E-state index in [1.165, 1.54) is 18.2 Å². The summed E-state index contributed by atoms with van der Waals surface area (Å²) in [5.41, 5.74) is 5.81. The van der Waals surface area contributed by atoms with E-state index in [2.05, 4.69) is 0 Å². The molecule has 0 saturated carbocycles. The molecule has 0 fully saturated rings. The predicted molar refractivity (Wildman–Crippen MR) is 68.3 cm³/mol. The van der Waals surface area contributed by atoms with Crippen LogP contribution in [0.2, 0.25) is 5.02 Å². The number of amides is 1. The Morgan fingerprint density at radius 2 is 2.24 bits per heavy atom. The van der Waals surface area contributed by atoms with Crippen molar-refractivity contribution in [3.05, 3.63) is 28.8 Å². The minimum atomic E-state index is -0.216. The van der Waals surface area contributed by atoms with Gasteiger partial charge in [0.05, 0.1) is 10.6 Å². The molecule has 0 saturated heterocycles. The summed E-state index contributed by atoms with van der Waals surface area (Å²) in [6, 6.07) is 4.32. The molecule has 4 nitrogen and oxygen atoms in total. The molecule has 1 rings (SSSR count). The third-order valence-electron chi connectivity index (χ3n) is 2.51. The molecule has 1 amide bonds. The van der Waals surface area contributed by atoms with Gasteiger partial charge in [-0.1, -0.05) is 18.5 Å². The van der Waals surface area contributed by atoms with E-state index >= 15 is 0 Å². The number of nitrogens with zero attached hydrogens (tertiary/aromatic N) is 1. The standard InChI is InChI=1S/C12H17ClN2O2/c1-8(6-14)7-15(2)12(17)10-5-9(16)3-4-11(10)13/h3-5,8,16H,6-7,14H2,1-2H3. The molecule has 1 unspecified atom stereocenters. The molecular formula is C12H17ClN2O2. The Kier molecular flexibility index (Phi) is 4.78. The fourth-order valence-electron chi connectivity index (χ4n) is 1.51. The van der Waals surface area contributed by atoms with Gasteiger partial charge >= 0.3 is 0 Å². The van der Waals surface area contributed by atoms with E-state index in [0.717, 1.165) is 0 Å². The van der Waals surface area contributed by atoms with Crippen molar-refractivity contribution in [3.8, 4) is 5.75 Å². The number of phenols is 1. The summed E-state index contributed by atoms with van der Waals surface area (Å²) in [7, 11) is 1.69. The lowest BCUT2D eigenvalue weighted by atomic mass is 10.1. The third-order valence-corrected chi connectivity index (χ3v) is 2.84. The number of carbonyl (C=O) groups is 1. The van der Waals surface area contributed by atoms with Crippen LogP contribution in [0.5, 0.6) is 5.75 Å². The van der Waals surface area contributed by atoms with Crippen molar-refractivity contribution in [2.45, 2.75) is 6.92 Å². The molecule has 0 aromatic heterocycles. The summed E-state index contributed by atoms with van der Waals surface area (Å²) >= 11 is 5.92. The van der Waals surface area contributed by atoms with Gasteiger partial charge in [0.2, 0.25) is 0 Å². The topological polar surface area (TPSA) is 66.6 Å². The van der Waals surface area contributed by atoms with Gasteiger partial charge < -0.3 is 15.7 Å². The zero-order valence-electron chi connectivity index (χ0n) is 9.98. The van der Waals surface area contributed by atoms with Gasteiger partial charge in [0, 0.05) is 13.6 Å². The maximum atomic E-state index is 12.1. The molecule has 0 aliphatic heterocycles. The van der Waals surface area contributed by atoms with Crippen LogP contribution in [0.1, 0.15) is 17.3 Å². The maximum Gasteiger partial charge on any atom is 0.255 e. The van der Waals surface area contributed by atoms with E-state index in [1.54, 1.807) is 11.9 Å². The number of carbonyl (C=O) groups excluding carboxylic acids is 1. The minimum Gasteiger partial charge on any atom is -0.508 e. The number of hydrogen-bond donors (Lipinski definition) is 2. The Balaban J connectivity index is 2.85. The number of aromatic hydroxyl groups is 1. The van der Waals surface area contributed by atoms with Crippen LogP contribution in [0.3, 0.4) is 0 Å². The highest BCUT2D eigenvalue weighted by atomic mass is 35.5. The second-order valence-electron chi connectivity index (χ2n) is 4.19. The molecule has 1 atom stereocenters. The predicted octanol–water partition coefficient (Wildman–Crippen LogP) is 1.71. The zero-order valence-corrected chi connectivity index (χ0v) is 10.7. The lowest BCUT2D eigenvalue weighted by Crippen LogP contribution is -2.33. The molecule has 0 aliphatic carbocycles. The summed E-state index contributed by atoms with van der Waals surface area (Å²) in [5.74, 6) is 0.0317. The monoisotopic (exact) mass is 256 g/mol. The first kappa shape index (κ1) is 13.8. The van der Waals surface area contributed by atoms with E-state index in [1.807, 2.05) is 6.92 Å².